The van der Waals surface area contributed by atoms with Crippen LogP contribution < -0.4 is 4.90 Å². The van der Waals surface area contributed by atoms with Gasteiger partial charge in [-0.15, -0.1) is 0 Å². The number of thioether (sulfide) groups is 1. The summed E-state index contributed by atoms with van der Waals surface area (Å²) < 4.78 is 13.0. The fourth-order valence-electron chi connectivity index (χ4n) is 2.24. The van der Waals surface area contributed by atoms with Crippen LogP contribution in [0, 0.1) is 5.82 Å². The van der Waals surface area contributed by atoms with E-state index < -0.39 is 17.0 Å². The largest absolute Gasteiger partial charge is 0.298 e. The Bertz CT molecular complexity index is 815. The second-order valence-corrected chi connectivity index (χ2v) is 6.34. The van der Waals surface area contributed by atoms with Crippen molar-refractivity contribution in [3.05, 3.63) is 69.8 Å². The van der Waals surface area contributed by atoms with Gasteiger partial charge in [-0.2, -0.15) is 0 Å². The molecule has 1 fully saturated rings. The summed E-state index contributed by atoms with van der Waals surface area (Å²) in [5.74, 6) is -0.826. The predicted octanol–water partition coefficient (Wildman–Crippen LogP) is 5.11. The lowest BCUT2D eigenvalue weighted by atomic mass is 10.1. The number of carbonyl (C=O) groups excluding carboxylic acids is 2. The van der Waals surface area contributed by atoms with Crippen LogP contribution in [0.3, 0.4) is 0 Å². The SMILES string of the molecule is C/C(=C1/SC(=O)N(c2ccc(F)cc2)C1=O)c1ccc(Cl)cc1. The lowest BCUT2D eigenvalue weighted by molar-refractivity contribution is -0.113. The fraction of sp³-hybridized carbons (Fsp3) is 0.0588. The topological polar surface area (TPSA) is 37.4 Å². The number of carbonyl (C=O) groups is 2. The van der Waals surface area contributed by atoms with Crippen LogP contribution in [0.5, 0.6) is 0 Å². The molecule has 2 amide bonds. The van der Waals surface area contributed by atoms with E-state index in [1.54, 1.807) is 31.2 Å². The average Bonchev–Trinajstić information content (AvgIpc) is 2.83. The molecule has 0 radical (unpaired) electrons. The van der Waals surface area contributed by atoms with Gasteiger partial charge in [0.25, 0.3) is 11.1 Å². The summed E-state index contributed by atoms with van der Waals surface area (Å²) in [4.78, 5) is 26.2. The monoisotopic (exact) mass is 347 g/mol. The standard InChI is InChI=1S/C17H11ClFNO2S/c1-10(11-2-4-12(18)5-3-11)15-16(21)20(17(22)23-15)14-8-6-13(19)7-9-14/h2-9H,1H3/b15-10-. The van der Waals surface area contributed by atoms with E-state index >= 15 is 0 Å². The number of anilines is 1. The average molecular weight is 348 g/mol. The Morgan fingerprint density at radius 1 is 1.04 bits per heavy atom. The summed E-state index contributed by atoms with van der Waals surface area (Å²) in [7, 11) is 0. The van der Waals surface area contributed by atoms with E-state index in [4.69, 9.17) is 11.6 Å². The molecular weight excluding hydrogens is 337 g/mol. The minimum atomic E-state index is -0.423. The maximum absolute atomic E-state index is 13.0. The van der Waals surface area contributed by atoms with Crippen molar-refractivity contribution in [2.75, 3.05) is 4.90 Å². The summed E-state index contributed by atoms with van der Waals surface area (Å²) in [5.41, 5.74) is 1.88. The number of halogens is 2. The highest BCUT2D eigenvalue weighted by Crippen LogP contribution is 2.38. The number of nitrogens with zero attached hydrogens (tertiary/aromatic N) is 1. The van der Waals surface area contributed by atoms with Crippen molar-refractivity contribution in [2.24, 2.45) is 0 Å². The molecule has 1 aliphatic rings. The van der Waals surface area contributed by atoms with Crippen molar-refractivity contribution in [1.82, 2.24) is 0 Å². The summed E-state index contributed by atoms with van der Waals surface area (Å²) in [6.07, 6.45) is 0. The molecule has 1 heterocycles. The van der Waals surface area contributed by atoms with E-state index in [2.05, 4.69) is 0 Å². The Kier molecular flexibility index (Phi) is 4.24. The first-order chi connectivity index (χ1) is 11.0. The maximum atomic E-state index is 13.0. The van der Waals surface area contributed by atoms with E-state index in [0.29, 0.717) is 21.2 Å². The van der Waals surface area contributed by atoms with Gasteiger partial charge >= 0.3 is 0 Å². The molecule has 0 atom stereocenters. The minimum absolute atomic E-state index is 0.354. The third-order valence-electron chi connectivity index (χ3n) is 3.47. The lowest BCUT2D eigenvalue weighted by Crippen LogP contribution is -2.27. The first-order valence-corrected chi connectivity index (χ1v) is 7.95. The number of hydrogen-bond donors (Lipinski definition) is 0. The summed E-state index contributed by atoms with van der Waals surface area (Å²) in [5, 5.41) is 0.200. The van der Waals surface area contributed by atoms with E-state index in [1.807, 2.05) is 0 Å². The van der Waals surface area contributed by atoms with Crippen molar-refractivity contribution in [1.29, 1.82) is 0 Å². The Labute approximate surface area is 141 Å². The third-order valence-corrected chi connectivity index (χ3v) is 4.77. The molecule has 2 aromatic carbocycles. The zero-order valence-electron chi connectivity index (χ0n) is 12.0. The Morgan fingerprint density at radius 3 is 2.26 bits per heavy atom. The first kappa shape index (κ1) is 15.8. The van der Waals surface area contributed by atoms with Crippen molar-refractivity contribution >= 4 is 45.8 Å². The maximum Gasteiger partial charge on any atom is 0.298 e. The zero-order valence-corrected chi connectivity index (χ0v) is 13.6. The molecule has 0 spiro atoms. The quantitative estimate of drug-likeness (QED) is 0.708. The number of benzene rings is 2. The first-order valence-electron chi connectivity index (χ1n) is 6.76. The van der Waals surface area contributed by atoms with Crippen molar-refractivity contribution < 1.29 is 14.0 Å². The Balaban J connectivity index is 1.98. The van der Waals surface area contributed by atoms with Gasteiger partial charge in [-0.05, 0) is 66.2 Å². The van der Waals surface area contributed by atoms with Gasteiger partial charge in [0, 0.05) is 5.02 Å². The summed E-state index contributed by atoms with van der Waals surface area (Å²) >= 11 is 6.74. The van der Waals surface area contributed by atoms with E-state index in [1.165, 1.54) is 24.3 Å². The molecule has 0 N–H and O–H groups in total. The number of allylic oxidation sites excluding steroid dienone is 1. The smallest absolute Gasteiger partial charge is 0.268 e. The van der Waals surface area contributed by atoms with Crippen LogP contribution in [0.15, 0.2) is 53.4 Å². The molecule has 1 saturated heterocycles. The van der Waals surface area contributed by atoms with Gasteiger partial charge in [-0.25, -0.2) is 9.29 Å². The highest BCUT2D eigenvalue weighted by molar-refractivity contribution is 8.19. The predicted molar refractivity (Wildman–Crippen MR) is 90.9 cm³/mol. The van der Waals surface area contributed by atoms with Crippen molar-refractivity contribution in [2.45, 2.75) is 6.92 Å². The lowest BCUT2D eigenvalue weighted by Gasteiger charge is -2.12. The summed E-state index contributed by atoms with van der Waals surface area (Å²) in [6.45, 7) is 1.78. The fourth-order valence-corrected chi connectivity index (χ4v) is 3.27. The number of hydrogen-bond acceptors (Lipinski definition) is 3. The van der Waals surface area contributed by atoms with Gasteiger partial charge in [0.1, 0.15) is 5.82 Å². The van der Waals surface area contributed by atoms with Gasteiger partial charge in [0.2, 0.25) is 0 Å². The number of imide groups is 1. The number of amides is 2. The van der Waals surface area contributed by atoms with Crippen LogP contribution in [0.4, 0.5) is 14.9 Å². The Hall–Kier alpha value is -2.11. The van der Waals surface area contributed by atoms with E-state index in [9.17, 15) is 14.0 Å². The minimum Gasteiger partial charge on any atom is -0.268 e. The molecule has 0 unspecified atom stereocenters. The van der Waals surface area contributed by atoms with Crippen molar-refractivity contribution in [3.63, 3.8) is 0 Å². The van der Waals surface area contributed by atoms with Crippen LogP contribution in [0.25, 0.3) is 5.57 Å². The molecule has 23 heavy (non-hydrogen) atoms. The van der Waals surface area contributed by atoms with Crippen LogP contribution in [0.2, 0.25) is 5.02 Å². The van der Waals surface area contributed by atoms with Gasteiger partial charge in [-0.1, -0.05) is 23.7 Å². The summed E-state index contributed by atoms with van der Waals surface area (Å²) in [6, 6.07) is 12.3. The van der Waals surface area contributed by atoms with Gasteiger partial charge < -0.3 is 0 Å². The van der Waals surface area contributed by atoms with Gasteiger partial charge in [-0.3, -0.25) is 9.59 Å². The molecule has 0 bridgehead atoms. The molecule has 0 aromatic heterocycles. The van der Waals surface area contributed by atoms with Crippen LogP contribution >= 0.6 is 23.4 Å². The molecule has 0 aliphatic carbocycles. The molecule has 2 aromatic rings. The molecular formula is C17H11ClFNO2S. The second kappa shape index (κ2) is 6.18. The van der Waals surface area contributed by atoms with E-state index in [0.717, 1.165) is 22.2 Å². The zero-order chi connectivity index (χ0) is 16.6. The normalized spacial score (nSPS) is 16.9. The number of rotatable bonds is 2. The second-order valence-electron chi connectivity index (χ2n) is 4.95. The molecule has 3 nitrogen and oxygen atoms in total. The molecule has 0 saturated carbocycles. The van der Waals surface area contributed by atoms with E-state index in [-0.39, 0.29) is 0 Å². The van der Waals surface area contributed by atoms with Crippen LogP contribution in [-0.4, -0.2) is 11.1 Å². The molecule has 116 valence electrons. The molecule has 6 heteroatoms. The van der Waals surface area contributed by atoms with Gasteiger partial charge in [0.05, 0.1) is 10.6 Å². The molecule has 3 rings (SSSR count). The van der Waals surface area contributed by atoms with Crippen molar-refractivity contribution in [3.8, 4) is 0 Å². The highest BCUT2D eigenvalue weighted by Gasteiger charge is 2.37. The highest BCUT2D eigenvalue weighted by atomic mass is 35.5. The molecule has 1 aliphatic heterocycles. The van der Waals surface area contributed by atoms with Crippen LogP contribution in [-0.2, 0) is 4.79 Å². The third kappa shape index (κ3) is 3.02. The van der Waals surface area contributed by atoms with Crippen LogP contribution in [0.1, 0.15) is 12.5 Å². The Morgan fingerprint density at radius 2 is 1.65 bits per heavy atom. The van der Waals surface area contributed by atoms with Gasteiger partial charge in [0.15, 0.2) is 0 Å².